The Balaban J connectivity index is 0.00000242. The lowest BCUT2D eigenvalue weighted by molar-refractivity contribution is 0.655. The minimum atomic E-state index is 0. The number of aromatic nitrogens is 1. The van der Waals surface area contributed by atoms with Crippen molar-refractivity contribution in [1.82, 2.24) is 15.6 Å². The second kappa shape index (κ2) is 9.54. The molecule has 1 saturated carbocycles. The van der Waals surface area contributed by atoms with Crippen molar-refractivity contribution in [3.05, 3.63) is 11.1 Å². The number of halogens is 1. The monoisotopic (exact) mass is 437 g/mol. The summed E-state index contributed by atoms with van der Waals surface area (Å²) in [5.74, 6) is 1.75. The molecule has 2 rings (SSSR count). The maximum absolute atomic E-state index is 4.65. The van der Waals surface area contributed by atoms with Gasteiger partial charge in [0.2, 0.25) is 0 Å². The van der Waals surface area contributed by atoms with Gasteiger partial charge in [-0.15, -0.1) is 35.3 Å². The van der Waals surface area contributed by atoms with E-state index in [1.165, 1.54) is 19.3 Å². The summed E-state index contributed by atoms with van der Waals surface area (Å²) in [5.41, 5.74) is 1.03. The molecule has 0 saturated heterocycles. The summed E-state index contributed by atoms with van der Waals surface area (Å²) in [5, 5.41) is 9.96. The van der Waals surface area contributed by atoms with Crippen LogP contribution in [0.3, 0.4) is 0 Å². The summed E-state index contributed by atoms with van der Waals surface area (Å²) in [4.78, 5) is 11.2. The van der Waals surface area contributed by atoms with Crippen LogP contribution >= 0.6 is 35.3 Å². The predicted molar refractivity (Wildman–Crippen MR) is 107 cm³/mol. The molecule has 126 valence electrons. The second-order valence-corrected chi connectivity index (χ2v) is 6.58. The minimum Gasteiger partial charge on any atom is -0.357 e. The van der Waals surface area contributed by atoms with Gasteiger partial charge in [-0.25, -0.2) is 9.98 Å². The number of aliphatic imine (C=N–C) groups is 1. The third kappa shape index (κ3) is 5.91. The Morgan fingerprint density at radius 2 is 2.23 bits per heavy atom. The van der Waals surface area contributed by atoms with Crippen molar-refractivity contribution in [1.29, 1.82) is 0 Å². The van der Waals surface area contributed by atoms with Crippen molar-refractivity contribution >= 4 is 46.4 Å². The van der Waals surface area contributed by atoms with E-state index in [0.717, 1.165) is 29.2 Å². The largest absolute Gasteiger partial charge is 0.357 e. The summed E-state index contributed by atoms with van der Waals surface area (Å²) in [6.45, 7) is 5.86. The Morgan fingerprint density at radius 1 is 1.45 bits per heavy atom. The molecule has 1 aromatic heterocycles. The molecule has 22 heavy (non-hydrogen) atoms. The molecule has 0 amide bonds. The Kier molecular flexibility index (Phi) is 8.45. The van der Waals surface area contributed by atoms with Crippen molar-refractivity contribution in [3.63, 3.8) is 0 Å². The van der Waals surface area contributed by atoms with Gasteiger partial charge in [0.05, 0.1) is 12.2 Å². The van der Waals surface area contributed by atoms with E-state index in [2.05, 4.69) is 39.8 Å². The number of hydrogen-bond acceptors (Lipinski definition) is 4. The molecular weight excluding hydrogens is 409 g/mol. The van der Waals surface area contributed by atoms with E-state index in [1.54, 1.807) is 11.3 Å². The highest BCUT2D eigenvalue weighted by Crippen LogP contribution is 2.34. The molecule has 0 spiro atoms. The number of hydrogen-bond donors (Lipinski definition) is 2. The van der Waals surface area contributed by atoms with Crippen LogP contribution in [0.25, 0.3) is 0 Å². The summed E-state index contributed by atoms with van der Waals surface area (Å²) in [7, 11) is 4.02. The third-order valence-corrected chi connectivity index (χ3v) is 4.63. The highest BCUT2D eigenvalue weighted by atomic mass is 127. The Hall–Kier alpha value is -0.570. The smallest absolute Gasteiger partial charge is 0.191 e. The van der Waals surface area contributed by atoms with Gasteiger partial charge in [0.1, 0.15) is 0 Å². The van der Waals surface area contributed by atoms with Gasteiger partial charge >= 0.3 is 0 Å². The van der Waals surface area contributed by atoms with Gasteiger partial charge in [-0.1, -0.05) is 13.3 Å². The first-order chi connectivity index (χ1) is 10.1. The quantitative estimate of drug-likeness (QED) is 0.391. The van der Waals surface area contributed by atoms with Gasteiger partial charge in [0.15, 0.2) is 11.1 Å². The summed E-state index contributed by atoms with van der Waals surface area (Å²) in [6, 6.07) is 0.607. The van der Waals surface area contributed by atoms with Gasteiger partial charge in [0.25, 0.3) is 0 Å². The molecule has 0 aliphatic heterocycles. The highest BCUT2D eigenvalue weighted by Gasteiger charge is 2.36. The number of guanidine groups is 1. The van der Waals surface area contributed by atoms with Crippen LogP contribution in [0, 0.1) is 5.92 Å². The molecule has 1 heterocycles. The zero-order chi connectivity index (χ0) is 15.2. The standard InChI is InChI=1S/C15H27N5S.HI/c1-5-7-11-8-13(11)19-14(16-6-2)17-9-12-10-21-15(18-12)20(3)4;/h10-11,13H,5-9H2,1-4H3,(H2,16,17,19);1H. The average molecular weight is 437 g/mol. The molecule has 0 bridgehead atoms. The van der Waals surface area contributed by atoms with Crippen LogP contribution in [0.4, 0.5) is 5.13 Å². The highest BCUT2D eigenvalue weighted by molar-refractivity contribution is 14.0. The van der Waals surface area contributed by atoms with Gasteiger partial charge in [-0.3, -0.25) is 0 Å². The molecular formula is C15H28IN5S. The first-order valence-corrected chi connectivity index (χ1v) is 8.68. The van der Waals surface area contributed by atoms with Gasteiger partial charge in [-0.2, -0.15) is 0 Å². The van der Waals surface area contributed by atoms with Crippen molar-refractivity contribution < 1.29 is 0 Å². The maximum atomic E-state index is 4.65. The number of nitrogens with zero attached hydrogens (tertiary/aromatic N) is 3. The molecule has 0 aromatic carbocycles. The van der Waals surface area contributed by atoms with E-state index in [1.807, 2.05) is 19.0 Å². The molecule has 1 aliphatic rings. The fourth-order valence-electron chi connectivity index (χ4n) is 2.34. The van der Waals surface area contributed by atoms with Crippen molar-refractivity contribution in [3.8, 4) is 0 Å². The second-order valence-electron chi connectivity index (χ2n) is 5.75. The average Bonchev–Trinajstić information content (AvgIpc) is 3.00. The number of nitrogens with one attached hydrogen (secondary N) is 2. The fraction of sp³-hybridized carbons (Fsp3) is 0.733. The molecule has 5 nitrogen and oxygen atoms in total. The zero-order valence-corrected chi connectivity index (χ0v) is 17.1. The van der Waals surface area contributed by atoms with Crippen molar-refractivity contribution in [2.75, 3.05) is 25.5 Å². The van der Waals surface area contributed by atoms with E-state index in [4.69, 9.17) is 0 Å². The minimum absolute atomic E-state index is 0. The third-order valence-electron chi connectivity index (χ3n) is 3.57. The van der Waals surface area contributed by atoms with Crippen LogP contribution in [-0.2, 0) is 6.54 Å². The topological polar surface area (TPSA) is 52.6 Å². The first kappa shape index (κ1) is 19.5. The SMILES string of the molecule is CCCC1CC1NC(=NCc1csc(N(C)C)n1)NCC.I. The Labute approximate surface area is 155 Å². The predicted octanol–water partition coefficient (Wildman–Crippen LogP) is 3.07. The van der Waals surface area contributed by atoms with Crippen LogP contribution in [0.5, 0.6) is 0 Å². The van der Waals surface area contributed by atoms with Crippen LogP contribution in [0.1, 0.15) is 38.8 Å². The van der Waals surface area contributed by atoms with Gasteiger partial charge < -0.3 is 15.5 Å². The van der Waals surface area contributed by atoms with E-state index in [0.29, 0.717) is 12.6 Å². The van der Waals surface area contributed by atoms with Crippen molar-refractivity contribution in [2.45, 2.75) is 45.7 Å². The molecule has 7 heteroatoms. The van der Waals surface area contributed by atoms with Crippen LogP contribution in [0.2, 0.25) is 0 Å². The molecule has 0 radical (unpaired) electrons. The number of anilines is 1. The fourth-order valence-corrected chi connectivity index (χ4v) is 3.09. The molecule has 2 N–H and O–H groups in total. The lowest BCUT2D eigenvalue weighted by Crippen LogP contribution is -2.39. The van der Waals surface area contributed by atoms with E-state index in [9.17, 15) is 0 Å². The molecule has 1 aliphatic carbocycles. The van der Waals surface area contributed by atoms with Gasteiger partial charge in [-0.05, 0) is 25.7 Å². The summed E-state index contributed by atoms with van der Waals surface area (Å²) >= 11 is 1.66. The molecule has 1 fully saturated rings. The number of rotatable bonds is 7. The van der Waals surface area contributed by atoms with Gasteiger partial charge in [0, 0.05) is 32.1 Å². The summed E-state index contributed by atoms with van der Waals surface area (Å²) in [6.07, 6.45) is 3.86. The molecule has 2 atom stereocenters. The van der Waals surface area contributed by atoms with Crippen LogP contribution in [-0.4, -0.2) is 37.6 Å². The Morgan fingerprint density at radius 3 is 2.82 bits per heavy atom. The zero-order valence-electron chi connectivity index (χ0n) is 13.9. The first-order valence-electron chi connectivity index (χ1n) is 7.80. The Bertz CT molecular complexity index is 474. The van der Waals surface area contributed by atoms with E-state index in [-0.39, 0.29) is 24.0 Å². The summed E-state index contributed by atoms with van der Waals surface area (Å²) < 4.78 is 0. The lowest BCUT2D eigenvalue weighted by atomic mass is 10.2. The van der Waals surface area contributed by atoms with Crippen molar-refractivity contribution in [2.24, 2.45) is 10.9 Å². The van der Waals surface area contributed by atoms with Crippen LogP contribution in [0.15, 0.2) is 10.4 Å². The number of thiazole rings is 1. The lowest BCUT2D eigenvalue weighted by Gasteiger charge is -2.10. The molecule has 2 unspecified atom stereocenters. The van der Waals surface area contributed by atoms with E-state index >= 15 is 0 Å². The van der Waals surface area contributed by atoms with E-state index < -0.39 is 0 Å². The van der Waals surface area contributed by atoms with Crippen LogP contribution < -0.4 is 15.5 Å². The molecule has 1 aromatic rings. The maximum Gasteiger partial charge on any atom is 0.191 e. The normalized spacial score (nSPS) is 20.3.